The lowest BCUT2D eigenvalue weighted by Crippen LogP contribution is -2.38. The van der Waals surface area contributed by atoms with Gasteiger partial charge in [0, 0.05) is 30.2 Å². The van der Waals surface area contributed by atoms with Crippen LogP contribution in [0.5, 0.6) is 0 Å². The van der Waals surface area contributed by atoms with Crippen LogP contribution >= 0.6 is 0 Å². The molecule has 0 bridgehead atoms. The van der Waals surface area contributed by atoms with Gasteiger partial charge in [0.25, 0.3) is 0 Å². The summed E-state index contributed by atoms with van der Waals surface area (Å²) >= 11 is 0. The Kier molecular flexibility index (Phi) is 6.31. The number of aromatic nitrogens is 4. The minimum atomic E-state index is 0.560. The van der Waals surface area contributed by atoms with E-state index in [2.05, 4.69) is 69.1 Å². The van der Waals surface area contributed by atoms with Crippen LogP contribution in [0, 0.1) is 13.8 Å². The van der Waals surface area contributed by atoms with E-state index in [1.54, 1.807) is 0 Å². The molecule has 0 amide bonds. The van der Waals surface area contributed by atoms with Crippen molar-refractivity contribution in [3.63, 3.8) is 0 Å². The first kappa shape index (κ1) is 20.7. The molecule has 4 aromatic rings. The predicted molar refractivity (Wildman–Crippen MR) is 125 cm³/mol. The highest BCUT2D eigenvalue weighted by atomic mass is 15.3. The zero-order chi connectivity index (χ0) is 21.6. The molecule has 0 fully saturated rings. The smallest absolute Gasteiger partial charge is 0.191 e. The molecule has 0 radical (unpaired) electrons. The Morgan fingerprint density at radius 2 is 1.77 bits per heavy atom. The van der Waals surface area contributed by atoms with Gasteiger partial charge in [0.15, 0.2) is 11.8 Å². The van der Waals surface area contributed by atoms with E-state index in [1.165, 1.54) is 27.7 Å². The number of nitrogens with one attached hydrogen (secondary N) is 3. The van der Waals surface area contributed by atoms with Crippen molar-refractivity contribution in [2.45, 2.75) is 33.4 Å². The summed E-state index contributed by atoms with van der Waals surface area (Å²) in [4.78, 5) is 8.25. The number of hydrogen-bond donors (Lipinski definition) is 3. The lowest BCUT2D eigenvalue weighted by Gasteiger charge is -2.13. The summed E-state index contributed by atoms with van der Waals surface area (Å²) < 4.78 is 1.98. The van der Waals surface area contributed by atoms with Crippen LogP contribution in [-0.4, -0.2) is 32.3 Å². The molecule has 2 heterocycles. The van der Waals surface area contributed by atoms with Crippen LogP contribution in [0.4, 0.5) is 0 Å². The molecule has 160 valence electrons. The maximum Gasteiger partial charge on any atom is 0.191 e. The van der Waals surface area contributed by atoms with Gasteiger partial charge >= 0.3 is 0 Å². The largest absolute Gasteiger partial charge is 0.358 e. The molecule has 0 saturated carbocycles. The number of guanidine groups is 1. The summed E-state index contributed by atoms with van der Waals surface area (Å²) in [6.07, 6.45) is 0.908. The van der Waals surface area contributed by atoms with Crippen LogP contribution in [0.2, 0.25) is 0 Å². The van der Waals surface area contributed by atoms with E-state index in [0.717, 1.165) is 30.6 Å². The molecule has 0 saturated heterocycles. The maximum absolute atomic E-state index is 4.78. The van der Waals surface area contributed by atoms with Gasteiger partial charge in [-0.1, -0.05) is 48.5 Å². The number of benzene rings is 2. The third-order valence-corrected chi connectivity index (χ3v) is 5.55. The quantitative estimate of drug-likeness (QED) is 0.319. The lowest BCUT2D eigenvalue weighted by molar-refractivity contribution is 0.713. The first-order chi connectivity index (χ1) is 15.1. The number of aryl methyl sites for hydroxylation is 2. The summed E-state index contributed by atoms with van der Waals surface area (Å²) in [5.74, 6) is 2.53. The monoisotopic (exact) mass is 415 g/mol. The molecule has 3 N–H and O–H groups in total. The Bertz CT molecular complexity index is 1170. The second-order valence-electron chi connectivity index (χ2n) is 7.68. The first-order valence-electron chi connectivity index (χ1n) is 10.6. The molecule has 0 atom stereocenters. The Morgan fingerprint density at radius 1 is 1.00 bits per heavy atom. The zero-order valence-electron chi connectivity index (χ0n) is 18.3. The number of aromatic amines is 1. The molecular formula is C24H29N7. The number of fused-ring (bicyclic) bond motifs is 1. The molecule has 0 unspecified atom stereocenters. The van der Waals surface area contributed by atoms with Crippen molar-refractivity contribution in [2.24, 2.45) is 12.0 Å². The highest BCUT2D eigenvalue weighted by Crippen LogP contribution is 2.21. The Balaban J connectivity index is 1.44. The van der Waals surface area contributed by atoms with Crippen LogP contribution in [0.15, 0.2) is 59.6 Å². The van der Waals surface area contributed by atoms with Crippen molar-refractivity contribution in [3.8, 4) is 0 Å². The van der Waals surface area contributed by atoms with Crippen molar-refractivity contribution in [2.75, 3.05) is 6.54 Å². The summed E-state index contributed by atoms with van der Waals surface area (Å²) in [7, 11) is 1.97. The van der Waals surface area contributed by atoms with E-state index in [0.29, 0.717) is 13.1 Å². The van der Waals surface area contributed by atoms with E-state index < -0.39 is 0 Å². The minimum absolute atomic E-state index is 0.560. The van der Waals surface area contributed by atoms with Gasteiger partial charge in [-0.2, -0.15) is 0 Å². The van der Waals surface area contributed by atoms with Crippen LogP contribution < -0.4 is 10.6 Å². The molecular weight excluding hydrogens is 386 g/mol. The second kappa shape index (κ2) is 9.47. The van der Waals surface area contributed by atoms with Gasteiger partial charge < -0.3 is 20.2 Å². The number of hydrogen-bond acceptors (Lipinski definition) is 3. The average Bonchev–Trinajstić information content (AvgIpc) is 3.28. The predicted octanol–water partition coefficient (Wildman–Crippen LogP) is 3.39. The summed E-state index contributed by atoms with van der Waals surface area (Å²) in [6.45, 7) is 6.03. The van der Waals surface area contributed by atoms with Crippen molar-refractivity contribution in [1.82, 2.24) is 30.4 Å². The van der Waals surface area contributed by atoms with Gasteiger partial charge in [-0.25, -0.2) is 4.99 Å². The molecule has 7 heteroatoms. The number of nitrogens with zero attached hydrogens (tertiary/aromatic N) is 4. The van der Waals surface area contributed by atoms with Crippen molar-refractivity contribution >= 4 is 16.9 Å². The second-order valence-corrected chi connectivity index (χ2v) is 7.68. The molecule has 4 rings (SSSR count). The molecule has 7 nitrogen and oxygen atoms in total. The minimum Gasteiger partial charge on any atom is -0.358 e. The highest BCUT2D eigenvalue weighted by molar-refractivity contribution is 5.84. The molecule has 2 aromatic carbocycles. The SMILES string of the molecule is Cc1[nH]c2ccccc2c1CCNC(=NCc1ccccc1)NCc1nnc(C)n1C. The normalized spacial score (nSPS) is 11.8. The standard InChI is InChI=1S/C24H29N7/c1-17-20(21-11-7-8-12-22(21)28-17)13-14-25-24(26-15-19-9-5-4-6-10-19)27-16-23-30-29-18(2)31(23)3/h4-12,28H,13-16H2,1-3H3,(H2,25,26,27). The van der Waals surface area contributed by atoms with Gasteiger partial charge in [-0.15, -0.1) is 10.2 Å². The van der Waals surface area contributed by atoms with E-state index in [1.807, 2.05) is 36.7 Å². The molecule has 31 heavy (non-hydrogen) atoms. The van der Waals surface area contributed by atoms with Gasteiger partial charge in [0.2, 0.25) is 0 Å². The molecule has 0 aliphatic rings. The Hall–Kier alpha value is -3.61. The van der Waals surface area contributed by atoms with Crippen LogP contribution in [0.1, 0.15) is 28.5 Å². The zero-order valence-corrected chi connectivity index (χ0v) is 18.3. The fraction of sp³-hybridized carbons (Fsp3) is 0.292. The lowest BCUT2D eigenvalue weighted by atomic mass is 10.1. The van der Waals surface area contributed by atoms with Crippen molar-refractivity contribution in [3.05, 3.63) is 83.1 Å². The van der Waals surface area contributed by atoms with Crippen molar-refractivity contribution in [1.29, 1.82) is 0 Å². The van der Waals surface area contributed by atoms with E-state index >= 15 is 0 Å². The molecule has 0 aliphatic carbocycles. The Morgan fingerprint density at radius 3 is 2.55 bits per heavy atom. The van der Waals surface area contributed by atoms with Crippen molar-refractivity contribution < 1.29 is 0 Å². The van der Waals surface area contributed by atoms with Gasteiger partial charge in [0.1, 0.15) is 5.82 Å². The topological polar surface area (TPSA) is 82.9 Å². The summed E-state index contributed by atoms with van der Waals surface area (Å²) in [5, 5.41) is 16.5. The highest BCUT2D eigenvalue weighted by Gasteiger charge is 2.09. The molecule has 0 aliphatic heterocycles. The van der Waals surface area contributed by atoms with Gasteiger partial charge in [-0.05, 0) is 37.5 Å². The maximum atomic E-state index is 4.78. The number of para-hydroxylation sites is 1. The molecule has 2 aromatic heterocycles. The first-order valence-corrected chi connectivity index (χ1v) is 10.6. The van der Waals surface area contributed by atoms with Gasteiger partial charge in [0.05, 0.1) is 13.1 Å². The molecule has 0 spiro atoms. The fourth-order valence-corrected chi connectivity index (χ4v) is 3.66. The average molecular weight is 416 g/mol. The van der Waals surface area contributed by atoms with E-state index in [-0.39, 0.29) is 0 Å². The number of aliphatic imine (C=N–C) groups is 1. The third kappa shape index (κ3) is 4.94. The Labute approximate surface area is 182 Å². The van der Waals surface area contributed by atoms with E-state index in [4.69, 9.17) is 4.99 Å². The van der Waals surface area contributed by atoms with Gasteiger partial charge in [-0.3, -0.25) is 0 Å². The summed E-state index contributed by atoms with van der Waals surface area (Å²) in [5.41, 5.74) is 4.91. The number of rotatable bonds is 7. The van der Waals surface area contributed by atoms with Crippen LogP contribution in [0.3, 0.4) is 0 Å². The fourth-order valence-electron chi connectivity index (χ4n) is 3.66. The van der Waals surface area contributed by atoms with Crippen LogP contribution in [0.25, 0.3) is 10.9 Å². The summed E-state index contributed by atoms with van der Waals surface area (Å²) in [6, 6.07) is 18.7. The third-order valence-electron chi connectivity index (χ3n) is 5.55. The number of H-pyrrole nitrogens is 1. The van der Waals surface area contributed by atoms with Crippen LogP contribution in [-0.2, 0) is 26.6 Å². The van der Waals surface area contributed by atoms with E-state index in [9.17, 15) is 0 Å².